The Morgan fingerprint density at radius 2 is 1.68 bits per heavy atom. The molecule has 3 N–H and O–H groups in total. The van der Waals surface area contributed by atoms with Crippen molar-refractivity contribution in [2.45, 2.75) is 38.5 Å². The number of carboxylic acids is 1. The molecule has 1 aromatic heterocycles. The molecular weight excluding hydrogens is 434 g/mol. The van der Waals surface area contributed by atoms with Crippen molar-refractivity contribution in [1.82, 2.24) is 10.2 Å². The van der Waals surface area contributed by atoms with Crippen LogP contribution < -0.4 is 10.6 Å². The zero-order valence-corrected chi connectivity index (χ0v) is 18.7. The smallest absolute Gasteiger partial charge is 0.320 e. The summed E-state index contributed by atoms with van der Waals surface area (Å²) < 4.78 is 5.39. The Kier molecular flexibility index (Phi) is 6.87. The molecule has 0 spiro atoms. The summed E-state index contributed by atoms with van der Waals surface area (Å²) in [7, 11) is 0. The molecule has 1 fully saturated rings. The molecule has 1 aliphatic carbocycles. The van der Waals surface area contributed by atoms with Crippen molar-refractivity contribution in [3.05, 3.63) is 65.5 Å². The van der Waals surface area contributed by atoms with Crippen LogP contribution in [0.15, 0.2) is 52.9 Å². The number of hydrogen-bond donors (Lipinski definition) is 3. The van der Waals surface area contributed by atoms with Gasteiger partial charge in [0, 0.05) is 11.4 Å². The number of amides is 1. The van der Waals surface area contributed by atoms with Crippen LogP contribution in [0, 0.1) is 23.2 Å². The summed E-state index contributed by atoms with van der Waals surface area (Å²) in [6.45, 7) is 1.79. The average molecular weight is 460 g/mol. The van der Waals surface area contributed by atoms with Crippen LogP contribution in [-0.4, -0.2) is 27.2 Å². The SMILES string of the molecule is CC(C(=O)O)C1CCC(c2ccc(NC(=O)c3nnc(Nc4ccc(C#N)cc4)o3)cc2)CC1. The highest BCUT2D eigenvalue weighted by molar-refractivity contribution is 6.00. The Bertz CT molecular complexity index is 1190. The summed E-state index contributed by atoms with van der Waals surface area (Å²) in [4.78, 5) is 23.7. The first kappa shape index (κ1) is 23.0. The monoisotopic (exact) mass is 459 g/mol. The molecule has 1 heterocycles. The lowest BCUT2D eigenvalue weighted by atomic mass is 9.74. The second kappa shape index (κ2) is 10.2. The van der Waals surface area contributed by atoms with Crippen molar-refractivity contribution in [2.24, 2.45) is 11.8 Å². The number of nitriles is 1. The highest BCUT2D eigenvalue weighted by atomic mass is 16.4. The zero-order chi connectivity index (χ0) is 24.1. The lowest BCUT2D eigenvalue weighted by molar-refractivity contribution is -0.143. The number of carbonyl (C=O) groups is 2. The van der Waals surface area contributed by atoms with E-state index in [4.69, 9.17) is 9.68 Å². The minimum absolute atomic E-state index is 0.0676. The molecule has 1 aliphatic rings. The lowest BCUT2D eigenvalue weighted by Crippen LogP contribution is -2.24. The van der Waals surface area contributed by atoms with Gasteiger partial charge in [-0.05, 0) is 79.5 Å². The van der Waals surface area contributed by atoms with Gasteiger partial charge >= 0.3 is 23.8 Å². The number of carbonyl (C=O) groups excluding carboxylic acids is 1. The van der Waals surface area contributed by atoms with Gasteiger partial charge in [-0.3, -0.25) is 9.59 Å². The van der Waals surface area contributed by atoms with Gasteiger partial charge in [-0.15, -0.1) is 5.10 Å². The van der Waals surface area contributed by atoms with Gasteiger partial charge in [0.05, 0.1) is 17.6 Å². The normalized spacial score (nSPS) is 18.5. The summed E-state index contributed by atoms with van der Waals surface area (Å²) in [6.07, 6.45) is 3.75. The molecule has 1 amide bonds. The van der Waals surface area contributed by atoms with Crippen LogP contribution in [0.5, 0.6) is 0 Å². The van der Waals surface area contributed by atoms with E-state index in [-0.39, 0.29) is 23.7 Å². The molecule has 174 valence electrons. The molecule has 34 heavy (non-hydrogen) atoms. The predicted octanol–water partition coefficient (Wildman–Crippen LogP) is 4.93. The van der Waals surface area contributed by atoms with E-state index in [1.165, 1.54) is 5.56 Å². The molecule has 1 unspecified atom stereocenters. The second-order valence-electron chi connectivity index (χ2n) is 8.54. The van der Waals surface area contributed by atoms with Gasteiger partial charge < -0.3 is 20.2 Å². The largest absolute Gasteiger partial charge is 0.481 e. The predicted molar refractivity (Wildman–Crippen MR) is 125 cm³/mol. The topological polar surface area (TPSA) is 141 Å². The third-order valence-electron chi connectivity index (χ3n) is 6.39. The number of carboxylic acid groups (broad SMARTS) is 1. The van der Waals surface area contributed by atoms with Gasteiger partial charge in [0.2, 0.25) is 0 Å². The molecule has 0 radical (unpaired) electrons. The molecule has 0 bridgehead atoms. The van der Waals surface area contributed by atoms with Crippen molar-refractivity contribution < 1.29 is 19.1 Å². The summed E-state index contributed by atoms with van der Waals surface area (Å²) in [6, 6.07) is 16.5. The van der Waals surface area contributed by atoms with Crippen molar-refractivity contribution >= 4 is 29.3 Å². The summed E-state index contributed by atoms with van der Waals surface area (Å²) in [5.74, 6) is -1.08. The first-order valence-electron chi connectivity index (χ1n) is 11.2. The van der Waals surface area contributed by atoms with Crippen LogP contribution in [0.25, 0.3) is 0 Å². The van der Waals surface area contributed by atoms with E-state index in [1.54, 1.807) is 31.2 Å². The van der Waals surface area contributed by atoms with E-state index in [9.17, 15) is 14.7 Å². The fourth-order valence-corrected chi connectivity index (χ4v) is 4.29. The van der Waals surface area contributed by atoms with Crippen LogP contribution in [-0.2, 0) is 4.79 Å². The Balaban J connectivity index is 1.31. The first-order chi connectivity index (χ1) is 16.4. The Morgan fingerprint density at radius 3 is 2.29 bits per heavy atom. The maximum atomic E-state index is 12.5. The quantitative estimate of drug-likeness (QED) is 0.451. The average Bonchev–Trinajstić information content (AvgIpc) is 3.33. The molecule has 2 aromatic carbocycles. The number of hydrogen-bond acceptors (Lipinski definition) is 7. The van der Waals surface area contributed by atoms with E-state index < -0.39 is 11.9 Å². The van der Waals surface area contributed by atoms with Crippen LogP contribution in [0.1, 0.15) is 60.3 Å². The second-order valence-corrected chi connectivity index (χ2v) is 8.54. The van der Waals surface area contributed by atoms with Crippen molar-refractivity contribution in [3.8, 4) is 6.07 Å². The third-order valence-corrected chi connectivity index (χ3v) is 6.39. The molecular formula is C25H25N5O4. The first-order valence-corrected chi connectivity index (χ1v) is 11.2. The number of nitrogens with zero attached hydrogens (tertiary/aromatic N) is 3. The summed E-state index contributed by atoms with van der Waals surface area (Å²) in [5, 5.41) is 31.3. The van der Waals surface area contributed by atoms with Gasteiger partial charge in [0.1, 0.15) is 0 Å². The minimum Gasteiger partial charge on any atom is -0.481 e. The molecule has 9 nitrogen and oxygen atoms in total. The van der Waals surface area contributed by atoms with Gasteiger partial charge in [0.15, 0.2) is 0 Å². The number of aromatic nitrogens is 2. The molecule has 0 saturated heterocycles. The zero-order valence-electron chi connectivity index (χ0n) is 18.7. The van der Waals surface area contributed by atoms with E-state index >= 15 is 0 Å². The van der Waals surface area contributed by atoms with E-state index in [1.807, 2.05) is 30.3 Å². The van der Waals surface area contributed by atoms with Crippen LogP contribution in [0.2, 0.25) is 0 Å². The minimum atomic E-state index is -0.720. The number of rotatable bonds is 7. The molecule has 9 heteroatoms. The highest BCUT2D eigenvalue weighted by Crippen LogP contribution is 2.39. The molecule has 0 aliphatic heterocycles. The lowest BCUT2D eigenvalue weighted by Gasteiger charge is -2.31. The van der Waals surface area contributed by atoms with Gasteiger partial charge in [-0.25, -0.2) is 0 Å². The van der Waals surface area contributed by atoms with Crippen LogP contribution in [0.3, 0.4) is 0 Å². The number of anilines is 3. The van der Waals surface area contributed by atoms with Crippen LogP contribution in [0.4, 0.5) is 17.4 Å². The Morgan fingerprint density at radius 1 is 1.03 bits per heavy atom. The van der Waals surface area contributed by atoms with E-state index in [0.717, 1.165) is 25.7 Å². The summed E-state index contributed by atoms with van der Waals surface area (Å²) >= 11 is 0. The fourth-order valence-electron chi connectivity index (χ4n) is 4.29. The molecule has 1 saturated carbocycles. The highest BCUT2D eigenvalue weighted by Gasteiger charge is 2.29. The maximum absolute atomic E-state index is 12.5. The number of nitrogens with one attached hydrogen (secondary N) is 2. The van der Waals surface area contributed by atoms with Gasteiger partial charge in [0.25, 0.3) is 0 Å². The number of benzene rings is 2. The standard InChI is InChI=1S/C25H25N5O4/c1-15(24(32)33)17-4-6-18(7-5-17)19-8-12-20(13-9-19)27-22(31)23-29-30-25(34-23)28-21-10-2-16(14-26)3-11-21/h2-3,8-13,15,17-18H,4-7H2,1H3,(H,27,31)(H,28,30)(H,32,33). The van der Waals surface area contributed by atoms with E-state index in [0.29, 0.717) is 22.9 Å². The molecule has 1 atom stereocenters. The number of aliphatic carboxylic acids is 1. The Labute approximate surface area is 196 Å². The van der Waals surface area contributed by atoms with Gasteiger partial charge in [-0.2, -0.15) is 5.26 Å². The molecule has 3 aromatic rings. The fraction of sp³-hybridized carbons (Fsp3) is 0.320. The van der Waals surface area contributed by atoms with Gasteiger partial charge in [-0.1, -0.05) is 24.2 Å². The van der Waals surface area contributed by atoms with Crippen molar-refractivity contribution in [3.63, 3.8) is 0 Å². The van der Waals surface area contributed by atoms with Crippen LogP contribution >= 0.6 is 0 Å². The van der Waals surface area contributed by atoms with Crippen molar-refractivity contribution in [1.29, 1.82) is 5.26 Å². The van der Waals surface area contributed by atoms with Crippen molar-refractivity contribution in [2.75, 3.05) is 10.6 Å². The molecule has 4 rings (SSSR count). The summed E-state index contributed by atoms with van der Waals surface area (Å²) in [5.41, 5.74) is 2.98. The maximum Gasteiger partial charge on any atom is 0.320 e. The Hall–Kier alpha value is -4.19. The van der Waals surface area contributed by atoms with E-state index in [2.05, 4.69) is 20.8 Å². The third kappa shape index (κ3) is 5.41.